The molecule has 0 aromatic carbocycles. The molecule has 2 aliphatic rings. The molecule has 20 heavy (non-hydrogen) atoms. The molecule has 0 spiro atoms. The zero-order valence-corrected chi connectivity index (χ0v) is 12.4. The maximum absolute atomic E-state index is 12.1. The topological polar surface area (TPSA) is 50.2 Å². The van der Waals surface area contributed by atoms with E-state index in [1.54, 1.807) is 0 Å². The lowest BCUT2D eigenvalue weighted by atomic mass is 10.1. The first-order chi connectivity index (χ1) is 9.70. The van der Waals surface area contributed by atoms with Crippen LogP contribution < -0.4 is 5.32 Å². The maximum Gasteiger partial charge on any atom is 0.237 e. The van der Waals surface area contributed by atoms with Crippen molar-refractivity contribution in [2.75, 3.05) is 13.1 Å². The fraction of sp³-hybridized carbons (Fsp3) is 0.733. The van der Waals surface area contributed by atoms with Crippen LogP contribution in [0.15, 0.2) is 6.33 Å². The third kappa shape index (κ3) is 2.59. The Balaban J connectivity index is 1.64. The number of hydrogen-bond donors (Lipinski definition) is 1. The Morgan fingerprint density at radius 1 is 1.55 bits per heavy atom. The fourth-order valence-corrected chi connectivity index (χ4v) is 2.91. The van der Waals surface area contributed by atoms with Gasteiger partial charge in [0.15, 0.2) is 0 Å². The van der Waals surface area contributed by atoms with Crippen LogP contribution in [-0.4, -0.2) is 39.5 Å². The minimum absolute atomic E-state index is 0.0687. The van der Waals surface area contributed by atoms with Crippen molar-refractivity contribution in [1.29, 1.82) is 0 Å². The Labute approximate surface area is 120 Å². The second-order valence-electron chi connectivity index (χ2n) is 5.96. The van der Waals surface area contributed by atoms with Gasteiger partial charge in [-0.3, -0.25) is 9.69 Å². The molecule has 1 aliphatic heterocycles. The third-order valence-corrected chi connectivity index (χ3v) is 4.39. The van der Waals surface area contributed by atoms with E-state index in [4.69, 9.17) is 0 Å². The van der Waals surface area contributed by atoms with Gasteiger partial charge < -0.3 is 9.88 Å². The molecule has 1 aromatic heterocycles. The summed E-state index contributed by atoms with van der Waals surface area (Å²) >= 11 is 0. The van der Waals surface area contributed by atoms with Crippen LogP contribution in [0.4, 0.5) is 0 Å². The van der Waals surface area contributed by atoms with Gasteiger partial charge in [0.1, 0.15) is 0 Å². The number of aromatic nitrogens is 2. The molecule has 1 atom stereocenters. The number of nitrogens with zero attached hydrogens (tertiary/aromatic N) is 3. The molecular weight excluding hydrogens is 252 g/mol. The van der Waals surface area contributed by atoms with E-state index in [0.717, 1.165) is 32.5 Å². The molecule has 1 aromatic rings. The van der Waals surface area contributed by atoms with Gasteiger partial charge in [0.05, 0.1) is 18.1 Å². The number of hydrogen-bond acceptors (Lipinski definition) is 3. The van der Waals surface area contributed by atoms with Gasteiger partial charge in [-0.25, -0.2) is 4.98 Å². The van der Waals surface area contributed by atoms with E-state index in [1.807, 2.05) is 13.3 Å². The second kappa shape index (κ2) is 5.56. The summed E-state index contributed by atoms with van der Waals surface area (Å²) in [6.07, 6.45) is 6.57. The van der Waals surface area contributed by atoms with Crippen LogP contribution >= 0.6 is 0 Å². The molecule has 1 amide bonds. The summed E-state index contributed by atoms with van der Waals surface area (Å²) in [5.74, 6) is 0.136. The van der Waals surface area contributed by atoms with Crippen molar-refractivity contribution in [3.63, 3.8) is 0 Å². The van der Waals surface area contributed by atoms with Gasteiger partial charge >= 0.3 is 0 Å². The van der Waals surface area contributed by atoms with E-state index < -0.39 is 0 Å². The standard InChI is InChI=1S/C15H24N4O/c1-3-7-16-15(20)11(2)18-8-6-14-13(9-18)17-10-19(14)12-4-5-12/h10-12H,3-9H2,1-2H3,(H,16,20)/t11-/m0/s1. The number of nitrogens with one attached hydrogen (secondary N) is 1. The number of fused-ring (bicyclic) bond motifs is 1. The van der Waals surface area contributed by atoms with E-state index in [-0.39, 0.29) is 11.9 Å². The molecule has 1 aliphatic carbocycles. The zero-order chi connectivity index (χ0) is 14.1. The van der Waals surface area contributed by atoms with Gasteiger partial charge in [0.2, 0.25) is 5.91 Å². The van der Waals surface area contributed by atoms with Crippen molar-refractivity contribution in [1.82, 2.24) is 19.8 Å². The normalized spacial score (nSPS) is 20.5. The Bertz CT molecular complexity index is 492. The Morgan fingerprint density at radius 3 is 3.05 bits per heavy atom. The SMILES string of the molecule is CCCNC(=O)[C@H](C)N1CCc2c(ncn2C2CC2)C1. The first kappa shape index (κ1) is 13.6. The summed E-state index contributed by atoms with van der Waals surface area (Å²) in [5, 5.41) is 2.98. The van der Waals surface area contributed by atoms with Crippen LogP contribution in [0.5, 0.6) is 0 Å². The smallest absolute Gasteiger partial charge is 0.237 e. The maximum atomic E-state index is 12.1. The van der Waals surface area contributed by atoms with Crippen LogP contribution in [0.2, 0.25) is 0 Å². The molecule has 0 saturated heterocycles. The Hall–Kier alpha value is -1.36. The van der Waals surface area contributed by atoms with Gasteiger partial charge in [-0.1, -0.05) is 6.92 Å². The highest BCUT2D eigenvalue weighted by molar-refractivity contribution is 5.81. The van der Waals surface area contributed by atoms with Crippen molar-refractivity contribution in [2.24, 2.45) is 0 Å². The molecule has 5 nitrogen and oxygen atoms in total. The average molecular weight is 276 g/mol. The van der Waals surface area contributed by atoms with Crippen LogP contribution in [0.25, 0.3) is 0 Å². The van der Waals surface area contributed by atoms with Gasteiger partial charge in [0.25, 0.3) is 0 Å². The van der Waals surface area contributed by atoms with Crippen LogP contribution in [0.1, 0.15) is 50.5 Å². The van der Waals surface area contributed by atoms with Gasteiger partial charge in [0, 0.05) is 37.8 Å². The molecule has 1 N–H and O–H groups in total. The summed E-state index contributed by atoms with van der Waals surface area (Å²) in [7, 11) is 0. The van der Waals surface area contributed by atoms with Crippen molar-refractivity contribution in [3.05, 3.63) is 17.7 Å². The lowest BCUT2D eigenvalue weighted by Crippen LogP contribution is -2.47. The van der Waals surface area contributed by atoms with Gasteiger partial charge in [-0.15, -0.1) is 0 Å². The predicted molar refractivity (Wildman–Crippen MR) is 77.4 cm³/mol. The van der Waals surface area contributed by atoms with E-state index in [2.05, 4.69) is 26.7 Å². The highest BCUT2D eigenvalue weighted by Crippen LogP contribution is 2.37. The average Bonchev–Trinajstić information content (AvgIpc) is 3.23. The van der Waals surface area contributed by atoms with Crippen molar-refractivity contribution in [2.45, 2.75) is 58.2 Å². The molecule has 2 heterocycles. The summed E-state index contributed by atoms with van der Waals surface area (Å²) in [6.45, 7) is 6.58. The predicted octanol–water partition coefficient (Wildman–Crippen LogP) is 1.49. The molecular formula is C15H24N4O. The summed E-state index contributed by atoms with van der Waals surface area (Å²) in [6, 6.07) is 0.629. The van der Waals surface area contributed by atoms with Crippen molar-refractivity contribution >= 4 is 5.91 Å². The molecule has 0 unspecified atom stereocenters. The quantitative estimate of drug-likeness (QED) is 0.886. The van der Waals surface area contributed by atoms with E-state index in [0.29, 0.717) is 6.04 Å². The molecule has 3 rings (SSSR count). The molecule has 0 radical (unpaired) electrons. The third-order valence-electron chi connectivity index (χ3n) is 4.39. The molecule has 110 valence electrons. The highest BCUT2D eigenvalue weighted by Gasteiger charge is 2.31. The number of imidazole rings is 1. The number of carbonyl (C=O) groups is 1. The molecule has 5 heteroatoms. The Morgan fingerprint density at radius 2 is 2.35 bits per heavy atom. The van der Waals surface area contributed by atoms with Crippen LogP contribution in [0.3, 0.4) is 0 Å². The first-order valence-corrected chi connectivity index (χ1v) is 7.77. The molecule has 0 bridgehead atoms. The van der Waals surface area contributed by atoms with Gasteiger partial charge in [-0.2, -0.15) is 0 Å². The summed E-state index contributed by atoms with van der Waals surface area (Å²) in [4.78, 5) is 18.9. The van der Waals surface area contributed by atoms with E-state index in [1.165, 1.54) is 24.2 Å². The largest absolute Gasteiger partial charge is 0.355 e. The fourth-order valence-electron chi connectivity index (χ4n) is 2.91. The lowest BCUT2D eigenvalue weighted by Gasteiger charge is -2.31. The minimum atomic E-state index is -0.0687. The van der Waals surface area contributed by atoms with Crippen LogP contribution in [-0.2, 0) is 17.8 Å². The number of rotatable bonds is 5. The highest BCUT2D eigenvalue weighted by atomic mass is 16.2. The molecule has 1 fully saturated rings. The van der Waals surface area contributed by atoms with Gasteiger partial charge in [-0.05, 0) is 26.2 Å². The second-order valence-corrected chi connectivity index (χ2v) is 5.96. The van der Waals surface area contributed by atoms with E-state index in [9.17, 15) is 4.79 Å². The summed E-state index contributed by atoms with van der Waals surface area (Å²) < 4.78 is 2.36. The number of carbonyl (C=O) groups excluding carboxylic acids is 1. The van der Waals surface area contributed by atoms with Crippen LogP contribution in [0, 0.1) is 0 Å². The summed E-state index contributed by atoms with van der Waals surface area (Å²) in [5.41, 5.74) is 2.56. The lowest BCUT2D eigenvalue weighted by molar-refractivity contribution is -0.126. The number of amides is 1. The zero-order valence-electron chi connectivity index (χ0n) is 12.4. The van der Waals surface area contributed by atoms with Crippen molar-refractivity contribution < 1.29 is 4.79 Å². The van der Waals surface area contributed by atoms with E-state index >= 15 is 0 Å². The minimum Gasteiger partial charge on any atom is -0.355 e. The molecule has 1 saturated carbocycles. The Kier molecular flexibility index (Phi) is 3.78. The first-order valence-electron chi connectivity index (χ1n) is 7.77. The monoisotopic (exact) mass is 276 g/mol. The van der Waals surface area contributed by atoms with Crippen molar-refractivity contribution in [3.8, 4) is 0 Å².